The molecule has 1 aromatic carbocycles. The van der Waals surface area contributed by atoms with E-state index in [9.17, 15) is 0 Å². The van der Waals surface area contributed by atoms with Crippen molar-refractivity contribution >= 4 is 17.3 Å². The van der Waals surface area contributed by atoms with Gasteiger partial charge in [-0.1, -0.05) is 43.7 Å². The first-order chi connectivity index (χ1) is 10.2. The zero-order valence-corrected chi connectivity index (χ0v) is 12.8. The van der Waals surface area contributed by atoms with E-state index in [1.807, 2.05) is 10.7 Å². The highest BCUT2D eigenvalue weighted by Crippen LogP contribution is 2.29. The lowest BCUT2D eigenvalue weighted by molar-refractivity contribution is 0.318. The van der Waals surface area contributed by atoms with Gasteiger partial charge in [-0.25, -0.2) is 4.68 Å². The first-order valence-electron chi connectivity index (χ1n) is 7.55. The summed E-state index contributed by atoms with van der Waals surface area (Å²) in [6.07, 6.45) is 7.88. The summed E-state index contributed by atoms with van der Waals surface area (Å²) >= 11 is 6.05. The molecule has 0 unspecified atom stereocenters. The van der Waals surface area contributed by atoms with Gasteiger partial charge in [0.1, 0.15) is 0 Å². The van der Waals surface area contributed by atoms with Crippen molar-refractivity contribution in [1.82, 2.24) is 20.2 Å². The molecule has 0 aliphatic heterocycles. The fraction of sp³-hybridized carbons (Fsp3) is 0.533. The Morgan fingerprint density at radius 2 is 2.05 bits per heavy atom. The van der Waals surface area contributed by atoms with Crippen molar-refractivity contribution in [3.63, 3.8) is 0 Å². The van der Waals surface area contributed by atoms with Crippen molar-refractivity contribution < 1.29 is 0 Å². The van der Waals surface area contributed by atoms with Crippen LogP contribution in [-0.2, 0) is 6.54 Å². The maximum atomic E-state index is 6.05. The molecule has 1 saturated carbocycles. The van der Waals surface area contributed by atoms with Gasteiger partial charge >= 0.3 is 0 Å². The summed E-state index contributed by atoms with van der Waals surface area (Å²) in [6.45, 7) is 0.832. The molecule has 1 aromatic heterocycles. The van der Waals surface area contributed by atoms with Crippen LogP contribution in [0, 0.1) is 5.92 Å². The molecule has 0 spiro atoms. The van der Waals surface area contributed by atoms with Crippen LogP contribution in [0.3, 0.4) is 0 Å². The van der Waals surface area contributed by atoms with Crippen LogP contribution in [0.1, 0.15) is 38.5 Å². The molecule has 2 N–H and O–H groups in total. The monoisotopic (exact) mass is 305 g/mol. The van der Waals surface area contributed by atoms with Gasteiger partial charge in [0.15, 0.2) is 5.82 Å². The van der Waals surface area contributed by atoms with Crippen LogP contribution >= 0.6 is 11.6 Å². The molecule has 1 heterocycles. The minimum Gasteiger partial charge on any atom is -0.398 e. The highest BCUT2D eigenvalue weighted by molar-refractivity contribution is 6.31. The summed E-state index contributed by atoms with van der Waals surface area (Å²) in [5.41, 5.74) is 7.47. The van der Waals surface area contributed by atoms with E-state index in [0.29, 0.717) is 16.5 Å². The lowest BCUT2D eigenvalue weighted by atomic mass is 9.87. The SMILES string of the molecule is Nc1ccc(Cl)cc1-c1nnnn1CCC1CCCCC1. The molecule has 2 aromatic rings. The van der Waals surface area contributed by atoms with Crippen LogP contribution in [0.15, 0.2) is 18.2 Å². The second-order valence-electron chi connectivity index (χ2n) is 5.75. The van der Waals surface area contributed by atoms with Gasteiger partial charge in [-0.05, 0) is 41.0 Å². The van der Waals surface area contributed by atoms with E-state index in [4.69, 9.17) is 17.3 Å². The van der Waals surface area contributed by atoms with Crippen molar-refractivity contribution in [3.8, 4) is 11.4 Å². The molecule has 21 heavy (non-hydrogen) atoms. The average Bonchev–Trinajstić information content (AvgIpc) is 2.97. The summed E-state index contributed by atoms with van der Waals surface area (Å²) in [7, 11) is 0. The number of aromatic nitrogens is 4. The van der Waals surface area contributed by atoms with Crippen molar-refractivity contribution in [2.24, 2.45) is 5.92 Å². The largest absolute Gasteiger partial charge is 0.398 e. The second-order valence-corrected chi connectivity index (χ2v) is 6.19. The van der Waals surface area contributed by atoms with E-state index in [1.54, 1.807) is 12.1 Å². The van der Waals surface area contributed by atoms with Gasteiger partial charge < -0.3 is 5.73 Å². The topological polar surface area (TPSA) is 69.6 Å². The number of aryl methyl sites for hydroxylation is 1. The molecule has 0 radical (unpaired) electrons. The number of anilines is 1. The molecule has 112 valence electrons. The highest BCUT2D eigenvalue weighted by Gasteiger charge is 2.16. The Labute approximate surface area is 129 Å². The number of nitrogens with zero attached hydrogens (tertiary/aromatic N) is 4. The third kappa shape index (κ3) is 3.35. The number of rotatable bonds is 4. The van der Waals surface area contributed by atoms with Gasteiger partial charge in [-0.15, -0.1) is 5.10 Å². The van der Waals surface area contributed by atoms with E-state index >= 15 is 0 Å². The smallest absolute Gasteiger partial charge is 0.184 e. The van der Waals surface area contributed by atoms with Crippen LogP contribution in [0.5, 0.6) is 0 Å². The van der Waals surface area contributed by atoms with Crippen LogP contribution in [0.4, 0.5) is 5.69 Å². The van der Waals surface area contributed by atoms with Crippen LogP contribution in [-0.4, -0.2) is 20.2 Å². The second kappa shape index (κ2) is 6.43. The molecule has 6 heteroatoms. The van der Waals surface area contributed by atoms with Gasteiger partial charge in [-0.3, -0.25) is 0 Å². The van der Waals surface area contributed by atoms with E-state index < -0.39 is 0 Å². The Hall–Kier alpha value is -1.62. The fourth-order valence-corrected chi connectivity index (χ4v) is 3.22. The highest BCUT2D eigenvalue weighted by atomic mass is 35.5. The molecule has 3 rings (SSSR count). The maximum Gasteiger partial charge on any atom is 0.184 e. The number of hydrogen-bond donors (Lipinski definition) is 1. The summed E-state index contributed by atoms with van der Waals surface area (Å²) in [5, 5.41) is 12.7. The predicted octanol–water partition coefficient (Wildman–Crippen LogP) is 3.55. The Morgan fingerprint density at radius 3 is 2.86 bits per heavy atom. The standard InChI is InChI=1S/C15H20ClN5/c16-12-6-7-14(17)13(10-12)15-18-19-20-21(15)9-8-11-4-2-1-3-5-11/h6-7,10-11H,1-5,8-9,17H2. The average molecular weight is 306 g/mol. The summed E-state index contributed by atoms with van der Waals surface area (Å²) < 4.78 is 1.84. The van der Waals surface area contributed by atoms with Crippen LogP contribution < -0.4 is 5.73 Å². The number of nitrogen functional groups attached to an aromatic ring is 1. The van der Waals surface area contributed by atoms with Crippen molar-refractivity contribution in [2.75, 3.05) is 5.73 Å². The quantitative estimate of drug-likeness (QED) is 0.877. The number of hydrogen-bond acceptors (Lipinski definition) is 4. The van der Waals surface area contributed by atoms with E-state index in [-0.39, 0.29) is 0 Å². The normalized spacial score (nSPS) is 16.2. The number of halogens is 1. The van der Waals surface area contributed by atoms with Gasteiger partial charge in [-0.2, -0.15) is 0 Å². The number of benzene rings is 1. The van der Waals surface area contributed by atoms with Gasteiger partial charge in [0.25, 0.3) is 0 Å². The fourth-order valence-electron chi connectivity index (χ4n) is 3.05. The molecular formula is C15H20ClN5. The summed E-state index contributed by atoms with van der Waals surface area (Å²) in [5.74, 6) is 1.50. The zero-order chi connectivity index (χ0) is 14.7. The van der Waals surface area contributed by atoms with E-state index in [2.05, 4.69) is 15.5 Å². The van der Waals surface area contributed by atoms with Crippen LogP contribution in [0.25, 0.3) is 11.4 Å². The van der Waals surface area contributed by atoms with Gasteiger partial charge in [0.05, 0.1) is 0 Å². The Kier molecular flexibility index (Phi) is 4.39. The Morgan fingerprint density at radius 1 is 1.24 bits per heavy atom. The third-order valence-electron chi connectivity index (χ3n) is 4.26. The minimum absolute atomic E-state index is 0.640. The molecule has 0 saturated heterocycles. The number of tetrazole rings is 1. The minimum atomic E-state index is 0.640. The zero-order valence-electron chi connectivity index (χ0n) is 12.0. The molecule has 1 aliphatic carbocycles. The lowest BCUT2D eigenvalue weighted by Gasteiger charge is -2.21. The molecule has 5 nitrogen and oxygen atoms in total. The number of nitrogens with two attached hydrogens (primary N) is 1. The molecule has 1 fully saturated rings. The third-order valence-corrected chi connectivity index (χ3v) is 4.50. The molecule has 0 bridgehead atoms. The molecular weight excluding hydrogens is 286 g/mol. The Balaban J connectivity index is 1.75. The van der Waals surface area contributed by atoms with Crippen molar-refractivity contribution in [3.05, 3.63) is 23.2 Å². The van der Waals surface area contributed by atoms with Crippen LogP contribution in [0.2, 0.25) is 5.02 Å². The first kappa shape index (κ1) is 14.3. The Bertz CT molecular complexity index is 604. The van der Waals surface area contributed by atoms with Gasteiger partial charge in [0, 0.05) is 22.8 Å². The molecule has 0 amide bonds. The summed E-state index contributed by atoms with van der Waals surface area (Å²) in [6, 6.07) is 5.38. The summed E-state index contributed by atoms with van der Waals surface area (Å²) in [4.78, 5) is 0. The maximum absolute atomic E-state index is 6.05. The van der Waals surface area contributed by atoms with E-state index in [0.717, 1.165) is 24.4 Å². The van der Waals surface area contributed by atoms with Crippen molar-refractivity contribution in [1.29, 1.82) is 0 Å². The predicted molar refractivity (Wildman–Crippen MR) is 83.9 cm³/mol. The first-order valence-corrected chi connectivity index (χ1v) is 7.93. The molecule has 0 atom stereocenters. The molecule has 1 aliphatic rings. The van der Waals surface area contributed by atoms with Crippen molar-refractivity contribution in [2.45, 2.75) is 45.1 Å². The van der Waals surface area contributed by atoms with Gasteiger partial charge in [0.2, 0.25) is 0 Å². The lowest BCUT2D eigenvalue weighted by Crippen LogP contribution is -2.12. The van der Waals surface area contributed by atoms with E-state index in [1.165, 1.54) is 32.1 Å².